The molecule has 0 bridgehead atoms. The molecule has 1 atom stereocenters. The first-order valence-corrected chi connectivity index (χ1v) is 6.40. The van der Waals surface area contributed by atoms with E-state index >= 15 is 0 Å². The summed E-state index contributed by atoms with van der Waals surface area (Å²) in [5, 5.41) is 0. The van der Waals surface area contributed by atoms with Crippen molar-refractivity contribution >= 4 is 15.9 Å². The maximum atomic E-state index is 13.6. The summed E-state index contributed by atoms with van der Waals surface area (Å²) >= 11 is 3.31. The van der Waals surface area contributed by atoms with Crippen LogP contribution in [0.3, 0.4) is 0 Å². The summed E-state index contributed by atoms with van der Waals surface area (Å²) in [6.45, 7) is 0. The molecule has 19 heavy (non-hydrogen) atoms. The lowest BCUT2D eigenvalue weighted by molar-refractivity contribution is 0.520. The van der Waals surface area contributed by atoms with Crippen LogP contribution in [0, 0.1) is 11.6 Å². The van der Waals surface area contributed by atoms with E-state index in [4.69, 9.17) is 5.84 Å². The molecule has 0 spiro atoms. The SMILES string of the molecule is NNC(Cc1ccc(F)cc1F)c1cncc(Br)c1. The number of hydrazine groups is 1. The van der Waals surface area contributed by atoms with Crippen molar-refractivity contribution in [1.82, 2.24) is 10.4 Å². The monoisotopic (exact) mass is 327 g/mol. The summed E-state index contributed by atoms with van der Waals surface area (Å²) in [6, 6.07) is 5.05. The highest BCUT2D eigenvalue weighted by Crippen LogP contribution is 2.21. The predicted octanol–water partition coefficient (Wildman–Crippen LogP) is 2.87. The number of nitrogens with one attached hydrogen (secondary N) is 1. The second-order valence-electron chi connectivity index (χ2n) is 4.10. The Morgan fingerprint density at radius 2 is 2.05 bits per heavy atom. The van der Waals surface area contributed by atoms with Gasteiger partial charge in [0.05, 0.1) is 6.04 Å². The Labute approximate surface area is 117 Å². The molecule has 1 aromatic carbocycles. The van der Waals surface area contributed by atoms with E-state index < -0.39 is 11.6 Å². The van der Waals surface area contributed by atoms with Crippen LogP contribution >= 0.6 is 15.9 Å². The normalized spacial score (nSPS) is 12.4. The lowest BCUT2D eigenvalue weighted by Crippen LogP contribution is -2.30. The molecule has 1 heterocycles. The standard InChI is InChI=1S/C13H12BrF2N3/c14-10-3-9(6-18-7-10)13(19-17)4-8-1-2-11(15)5-12(8)16/h1-3,5-7,13,19H,4,17H2. The van der Waals surface area contributed by atoms with Crippen molar-refractivity contribution in [3.8, 4) is 0 Å². The Kier molecular flexibility index (Phi) is 4.57. The summed E-state index contributed by atoms with van der Waals surface area (Å²) in [5.74, 6) is 4.32. The molecule has 3 N–H and O–H groups in total. The van der Waals surface area contributed by atoms with Crippen LogP contribution in [0.2, 0.25) is 0 Å². The number of rotatable bonds is 4. The average Bonchev–Trinajstić information content (AvgIpc) is 2.38. The fraction of sp³-hybridized carbons (Fsp3) is 0.154. The zero-order chi connectivity index (χ0) is 13.8. The van der Waals surface area contributed by atoms with Gasteiger partial charge in [-0.1, -0.05) is 6.07 Å². The first-order chi connectivity index (χ1) is 9.10. The van der Waals surface area contributed by atoms with Crippen molar-refractivity contribution in [3.05, 3.63) is 63.9 Å². The van der Waals surface area contributed by atoms with E-state index in [9.17, 15) is 8.78 Å². The minimum Gasteiger partial charge on any atom is -0.271 e. The van der Waals surface area contributed by atoms with Gasteiger partial charge in [-0.05, 0) is 45.6 Å². The average molecular weight is 328 g/mol. The fourth-order valence-electron chi connectivity index (χ4n) is 1.80. The maximum absolute atomic E-state index is 13.6. The molecule has 100 valence electrons. The summed E-state index contributed by atoms with van der Waals surface area (Å²) in [4.78, 5) is 4.04. The third-order valence-corrected chi connectivity index (χ3v) is 3.20. The van der Waals surface area contributed by atoms with Gasteiger partial charge in [-0.2, -0.15) is 0 Å². The van der Waals surface area contributed by atoms with Crippen LogP contribution in [-0.2, 0) is 6.42 Å². The van der Waals surface area contributed by atoms with Crippen LogP contribution in [0.1, 0.15) is 17.2 Å². The first-order valence-electron chi connectivity index (χ1n) is 5.60. The molecule has 0 saturated heterocycles. The minimum atomic E-state index is -0.595. The summed E-state index contributed by atoms with van der Waals surface area (Å²) < 4.78 is 27.3. The van der Waals surface area contributed by atoms with E-state index in [2.05, 4.69) is 26.3 Å². The number of hydrogen-bond donors (Lipinski definition) is 2. The molecule has 1 unspecified atom stereocenters. The van der Waals surface area contributed by atoms with E-state index in [0.29, 0.717) is 12.0 Å². The molecule has 0 aliphatic heterocycles. The number of pyridine rings is 1. The van der Waals surface area contributed by atoms with Crippen LogP contribution < -0.4 is 11.3 Å². The molecular weight excluding hydrogens is 316 g/mol. The van der Waals surface area contributed by atoms with Crippen molar-refractivity contribution in [1.29, 1.82) is 0 Å². The Hall–Kier alpha value is -1.37. The fourth-order valence-corrected chi connectivity index (χ4v) is 2.18. The lowest BCUT2D eigenvalue weighted by atomic mass is 10.0. The second-order valence-corrected chi connectivity index (χ2v) is 5.01. The molecule has 1 aromatic heterocycles. The molecule has 0 saturated carbocycles. The van der Waals surface area contributed by atoms with Crippen molar-refractivity contribution < 1.29 is 8.78 Å². The van der Waals surface area contributed by atoms with Crippen LogP contribution in [-0.4, -0.2) is 4.98 Å². The maximum Gasteiger partial charge on any atom is 0.129 e. The van der Waals surface area contributed by atoms with Gasteiger partial charge < -0.3 is 0 Å². The molecule has 0 aliphatic carbocycles. The van der Waals surface area contributed by atoms with Gasteiger partial charge in [0, 0.05) is 22.9 Å². The summed E-state index contributed by atoms with van der Waals surface area (Å²) in [6.07, 6.45) is 3.60. The molecule has 2 rings (SSSR count). The van der Waals surface area contributed by atoms with E-state index in [-0.39, 0.29) is 6.04 Å². The Bertz CT molecular complexity index is 578. The van der Waals surface area contributed by atoms with E-state index in [1.54, 1.807) is 12.4 Å². The quantitative estimate of drug-likeness (QED) is 0.670. The smallest absolute Gasteiger partial charge is 0.129 e. The molecule has 0 aliphatic rings. The molecule has 0 fully saturated rings. The van der Waals surface area contributed by atoms with E-state index in [0.717, 1.165) is 16.1 Å². The lowest BCUT2D eigenvalue weighted by Gasteiger charge is -2.16. The van der Waals surface area contributed by atoms with Crippen LogP contribution in [0.4, 0.5) is 8.78 Å². The van der Waals surface area contributed by atoms with Gasteiger partial charge in [0.1, 0.15) is 11.6 Å². The Morgan fingerprint density at radius 1 is 1.26 bits per heavy atom. The minimum absolute atomic E-state index is 0.301. The van der Waals surface area contributed by atoms with Gasteiger partial charge in [0.15, 0.2) is 0 Å². The molecule has 0 amide bonds. The van der Waals surface area contributed by atoms with Crippen molar-refractivity contribution in [2.24, 2.45) is 5.84 Å². The number of nitrogens with zero attached hydrogens (tertiary/aromatic N) is 1. The Balaban J connectivity index is 2.24. The molecule has 0 radical (unpaired) electrons. The second kappa shape index (κ2) is 6.18. The van der Waals surface area contributed by atoms with Gasteiger partial charge in [0.2, 0.25) is 0 Å². The van der Waals surface area contributed by atoms with Crippen molar-refractivity contribution in [2.75, 3.05) is 0 Å². The number of halogens is 3. The molecule has 2 aromatic rings. The van der Waals surface area contributed by atoms with Gasteiger partial charge in [-0.25, -0.2) is 8.78 Å². The van der Waals surface area contributed by atoms with Crippen LogP contribution in [0.15, 0.2) is 41.1 Å². The zero-order valence-electron chi connectivity index (χ0n) is 9.91. The molecule has 3 nitrogen and oxygen atoms in total. The number of nitrogens with two attached hydrogens (primary N) is 1. The van der Waals surface area contributed by atoms with Crippen molar-refractivity contribution in [2.45, 2.75) is 12.5 Å². The molecule has 6 heteroatoms. The third kappa shape index (κ3) is 3.56. The van der Waals surface area contributed by atoms with Gasteiger partial charge in [-0.15, -0.1) is 0 Å². The highest BCUT2D eigenvalue weighted by molar-refractivity contribution is 9.10. The third-order valence-electron chi connectivity index (χ3n) is 2.77. The summed E-state index contributed by atoms with van der Waals surface area (Å²) in [7, 11) is 0. The first kappa shape index (κ1) is 14.0. The highest BCUT2D eigenvalue weighted by atomic mass is 79.9. The highest BCUT2D eigenvalue weighted by Gasteiger charge is 2.14. The number of hydrogen-bond acceptors (Lipinski definition) is 3. The van der Waals surface area contributed by atoms with Crippen LogP contribution in [0.25, 0.3) is 0 Å². The molecular formula is C13H12BrF2N3. The zero-order valence-corrected chi connectivity index (χ0v) is 11.5. The largest absolute Gasteiger partial charge is 0.271 e. The van der Waals surface area contributed by atoms with E-state index in [1.807, 2.05) is 6.07 Å². The van der Waals surface area contributed by atoms with Gasteiger partial charge >= 0.3 is 0 Å². The summed E-state index contributed by atoms with van der Waals surface area (Å²) in [5.41, 5.74) is 3.83. The predicted molar refractivity (Wildman–Crippen MR) is 72.1 cm³/mol. The van der Waals surface area contributed by atoms with E-state index in [1.165, 1.54) is 12.1 Å². The topological polar surface area (TPSA) is 50.9 Å². The van der Waals surface area contributed by atoms with Gasteiger partial charge in [-0.3, -0.25) is 16.3 Å². The number of benzene rings is 1. The van der Waals surface area contributed by atoms with Crippen LogP contribution in [0.5, 0.6) is 0 Å². The number of aromatic nitrogens is 1. The van der Waals surface area contributed by atoms with Gasteiger partial charge in [0.25, 0.3) is 0 Å². The van der Waals surface area contributed by atoms with Crippen molar-refractivity contribution in [3.63, 3.8) is 0 Å². The Morgan fingerprint density at radius 3 is 2.68 bits per heavy atom.